The number of thiophene rings is 1. The number of furan rings is 1. The smallest absolute Gasteiger partial charge is 0.262 e. The number of aromatic nitrogens is 2. The van der Waals surface area contributed by atoms with Crippen LogP contribution in [0.3, 0.4) is 0 Å². The Labute approximate surface area is 175 Å². The zero-order valence-electron chi connectivity index (χ0n) is 15.7. The van der Waals surface area contributed by atoms with Crippen molar-refractivity contribution in [3.05, 3.63) is 81.2 Å². The first kappa shape index (κ1) is 19.5. The van der Waals surface area contributed by atoms with Crippen LogP contribution in [0.25, 0.3) is 10.9 Å². The molecule has 148 valence electrons. The van der Waals surface area contributed by atoms with Gasteiger partial charge in [0.05, 0.1) is 35.5 Å². The molecule has 1 unspecified atom stereocenters. The lowest BCUT2D eigenvalue weighted by Crippen LogP contribution is -2.31. The summed E-state index contributed by atoms with van der Waals surface area (Å²) in [7, 11) is 0. The molecule has 1 N–H and O–H groups in total. The number of thioether (sulfide) groups is 1. The quantitative estimate of drug-likeness (QED) is 0.359. The predicted octanol–water partition coefficient (Wildman–Crippen LogP) is 3.90. The minimum atomic E-state index is -0.411. The van der Waals surface area contributed by atoms with Crippen molar-refractivity contribution in [3.63, 3.8) is 0 Å². The van der Waals surface area contributed by atoms with Gasteiger partial charge in [0.25, 0.3) is 5.56 Å². The Morgan fingerprint density at radius 3 is 2.86 bits per heavy atom. The number of carbonyl (C=O) groups is 1. The van der Waals surface area contributed by atoms with Crippen LogP contribution in [0.5, 0.6) is 0 Å². The van der Waals surface area contributed by atoms with Crippen molar-refractivity contribution < 1.29 is 9.21 Å². The summed E-state index contributed by atoms with van der Waals surface area (Å²) in [6, 6.07) is 14.8. The van der Waals surface area contributed by atoms with E-state index in [-0.39, 0.29) is 18.0 Å². The van der Waals surface area contributed by atoms with Gasteiger partial charge in [-0.15, -0.1) is 11.3 Å². The van der Waals surface area contributed by atoms with Crippen molar-refractivity contribution in [1.29, 1.82) is 0 Å². The van der Waals surface area contributed by atoms with Crippen molar-refractivity contribution in [2.75, 3.05) is 0 Å². The minimum Gasteiger partial charge on any atom is -0.467 e. The SMILES string of the molecule is CC(Sc1nc2ccccc2c(=O)n1Cc1ccco1)C(=O)NCc1cccs1. The van der Waals surface area contributed by atoms with Gasteiger partial charge in [0.1, 0.15) is 5.76 Å². The molecule has 4 aromatic rings. The van der Waals surface area contributed by atoms with Gasteiger partial charge in [-0.3, -0.25) is 14.2 Å². The number of hydrogen-bond donors (Lipinski definition) is 1. The molecule has 1 atom stereocenters. The number of rotatable bonds is 7. The van der Waals surface area contributed by atoms with Crippen LogP contribution in [-0.4, -0.2) is 20.7 Å². The minimum absolute atomic E-state index is 0.102. The zero-order chi connectivity index (χ0) is 20.2. The second-order valence-corrected chi connectivity index (χ2v) is 8.78. The van der Waals surface area contributed by atoms with E-state index < -0.39 is 5.25 Å². The van der Waals surface area contributed by atoms with Gasteiger partial charge in [0, 0.05) is 4.88 Å². The lowest BCUT2D eigenvalue weighted by molar-refractivity contribution is -0.120. The number of carbonyl (C=O) groups excluding carboxylic acids is 1. The average molecular weight is 426 g/mol. The Balaban J connectivity index is 1.60. The molecule has 1 amide bonds. The molecule has 0 spiro atoms. The third-order valence-electron chi connectivity index (χ3n) is 4.39. The van der Waals surface area contributed by atoms with Crippen LogP contribution in [0.1, 0.15) is 17.6 Å². The molecule has 0 aliphatic carbocycles. The summed E-state index contributed by atoms with van der Waals surface area (Å²) in [6.07, 6.45) is 1.57. The maximum Gasteiger partial charge on any atom is 0.262 e. The number of amides is 1. The Morgan fingerprint density at radius 1 is 1.24 bits per heavy atom. The van der Waals surface area contributed by atoms with E-state index in [2.05, 4.69) is 10.3 Å². The molecule has 0 fully saturated rings. The molecule has 3 heterocycles. The maximum absolute atomic E-state index is 13.1. The van der Waals surface area contributed by atoms with Crippen LogP contribution in [0.4, 0.5) is 0 Å². The molecule has 3 aromatic heterocycles. The van der Waals surface area contributed by atoms with E-state index in [1.165, 1.54) is 11.8 Å². The Morgan fingerprint density at radius 2 is 2.10 bits per heavy atom. The van der Waals surface area contributed by atoms with Crippen LogP contribution in [-0.2, 0) is 17.9 Å². The van der Waals surface area contributed by atoms with Crippen LogP contribution in [0.2, 0.25) is 0 Å². The van der Waals surface area contributed by atoms with Crippen LogP contribution in [0, 0.1) is 0 Å². The molecule has 0 radical (unpaired) electrons. The Bertz CT molecular complexity index is 1170. The highest BCUT2D eigenvalue weighted by atomic mass is 32.2. The number of hydrogen-bond acceptors (Lipinski definition) is 6. The summed E-state index contributed by atoms with van der Waals surface area (Å²) in [5.41, 5.74) is 0.461. The highest BCUT2D eigenvalue weighted by Crippen LogP contribution is 2.23. The van der Waals surface area contributed by atoms with Gasteiger partial charge < -0.3 is 9.73 Å². The first-order valence-corrected chi connectivity index (χ1v) is 10.9. The van der Waals surface area contributed by atoms with E-state index in [1.54, 1.807) is 40.4 Å². The fourth-order valence-electron chi connectivity index (χ4n) is 2.88. The van der Waals surface area contributed by atoms with Crippen molar-refractivity contribution in [3.8, 4) is 0 Å². The number of nitrogens with one attached hydrogen (secondary N) is 1. The molecular formula is C21H19N3O3S2. The van der Waals surface area contributed by atoms with Crippen molar-refractivity contribution >= 4 is 39.9 Å². The van der Waals surface area contributed by atoms with E-state index in [0.717, 1.165) is 4.88 Å². The molecule has 0 saturated heterocycles. The number of fused-ring (bicyclic) bond motifs is 1. The van der Waals surface area contributed by atoms with Crippen LogP contribution in [0.15, 0.2) is 74.5 Å². The molecule has 0 saturated carbocycles. The van der Waals surface area contributed by atoms with E-state index in [1.807, 2.05) is 42.6 Å². The molecule has 29 heavy (non-hydrogen) atoms. The van der Waals surface area contributed by atoms with Crippen molar-refractivity contribution in [2.24, 2.45) is 0 Å². The van der Waals surface area contributed by atoms with Gasteiger partial charge in [0.2, 0.25) is 5.91 Å². The highest BCUT2D eigenvalue weighted by Gasteiger charge is 2.20. The maximum atomic E-state index is 13.1. The Kier molecular flexibility index (Phi) is 5.82. The van der Waals surface area contributed by atoms with Gasteiger partial charge in [-0.2, -0.15) is 0 Å². The summed E-state index contributed by atoms with van der Waals surface area (Å²) in [6.45, 7) is 2.56. The van der Waals surface area contributed by atoms with Gasteiger partial charge in [-0.05, 0) is 42.6 Å². The number of benzene rings is 1. The molecule has 0 aliphatic rings. The molecule has 4 rings (SSSR count). The first-order chi connectivity index (χ1) is 14.1. The normalized spacial score (nSPS) is 12.2. The van der Waals surface area contributed by atoms with Gasteiger partial charge in [-0.25, -0.2) is 4.98 Å². The van der Waals surface area contributed by atoms with Gasteiger partial charge in [-0.1, -0.05) is 30.0 Å². The van der Waals surface area contributed by atoms with E-state index >= 15 is 0 Å². The second-order valence-electron chi connectivity index (χ2n) is 6.44. The topological polar surface area (TPSA) is 77.1 Å². The summed E-state index contributed by atoms with van der Waals surface area (Å²) < 4.78 is 6.98. The lowest BCUT2D eigenvalue weighted by atomic mass is 10.2. The molecule has 6 nitrogen and oxygen atoms in total. The molecule has 1 aromatic carbocycles. The van der Waals surface area contributed by atoms with E-state index in [0.29, 0.717) is 28.4 Å². The molecule has 0 bridgehead atoms. The molecule has 0 aliphatic heterocycles. The first-order valence-electron chi connectivity index (χ1n) is 9.10. The third-order valence-corrected chi connectivity index (χ3v) is 6.36. The largest absolute Gasteiger partial charge is 0.467 e. The summed E-state index contributed by atoms with van der Waals surface area (Å²) in [4.78, 5) is 31.4. The lowest BCUT2D eigenvalue weighted by Gasteiger charge is -2.15. The molecule has 8 heteroatoms. The Hall–Kier alpha value is -2.84. The van der Waals surface area contributed by atoms with Crippen LogP contribution < -0.4 is 10.9 Å². The summed E-state index contributed by atoms with van der Waals surface area (Å²) in [5.74, 6) is 0.552. The number of para-hydroxylation sites is 1. The van der Waals surface area contributed by atoms with Gasteiger partial charge in [0.15, 0.2) is 5.16 Å². The monoisotopic (exact) mass is 425 g/mol. The third kappa shape index (κ3) is 4.44. The van der Waals surface area contributed by atoms with Crippen molar-refractivity contribution in [2.45, 2.75) is 30.4 Å². The number of nitrogens with zero attached hydrogens (tertiary/aromatic N) is 2. The average Bonchev–Trinajstić information content (AvgIpc) is 3.43. The fourth-order valence-corrected chi connectivity index (χ4v) is 4.46. The van der Waals surface area contributed by atoms with Crippen molar-refractivity contribution in [1.82, 2.24) is 14.9 Å². The standard InChI is InChI=1S/C21H19N3O3S2/c1-14(19(25)22-12-16-7-5-11-28-16)29-21-23-18-9-3-2-8-17(18)20(26)24(21)13-15-6-4-10-27-15/h2-11,14H,12-13H2,1H3,(H,22,25). The van der Waals surface area contributed by atoms with Crippen LogP contribution >= 0.6 is 23.1 Å². The van der Waals surface area contributed by atoms with E-state index in [4.69, 9.17) is 4.42 Å². The van der Waals surface area contributed by atoms with Gasteiger partial charge >= 0.3 is 0 Å². The molecular weight excluding hydrogens is 406 g/mol. The highest BCUT2D eigenvalue weighted by molar-refractivity contribution is 8.00. The summed E-state index contributed by atoms with van der Waals surface area (Å²) in [5, 5.41) is 5.54. The zero-order valence-corrected chi connectivity index (χ0v) is 17.3. The van der Waals surface area contributed by atoms with E-state index in [9.17, 15) is 9.59 Å². The fraction of sp³-hybridized carbons (Fsp3) is 0.190. The predicted molar refractivity (Wildman–Crippen MR) is 115 cm³/mol. The summed E-state index contributed by atoms with van der Waals surface area (Å²) >= 11 is 2.87. The second kappa shape index (κ2) is 8.67.